The second kappa shape index (κ2) is 7.29. The summed E-state index contributed by atoms with van der Waals surface area (Å²) in [5.41, 5.74) is 2.23. The summed E-state index contributed by atoms with van der Waals surface area (Å²) in [5.74, 6) is -1.77. The number of fused-ring (bicyclic) bond motifs is 1. The van der Waals surface area contributed by atoms with Crippen molar-refractivity contribution in [3.8, 4) is 0 Å². The molecule has 2 aromatic rings. The Balaban J connectivity index is 2.01. The zero-order valence-electron chi connectivity index (χ0n) is 14.8. The Morgan fingerprint density at radius 3 is 2.54 bits per heavy atom. The van der Waals surface area contributed by atoms with Crippen molar-refractivity contribution in [2.45, 2.75) is 25.7 Å². The molecule has 6 nitrogen and oxygen atoms in total. The summed E-state index contributed by atoms with van der Waals surface area (Å²) in [7, 11) is 2.60. The van der Waals surface area contributed by atoms with Crippen molar-refractivity contribution in [3.63, 3.8) is 0 Å². The maximum atomic E-state index is 12.6. The molecule has 0 bridgehead atoms. The molecule has 3 rings (SSSR count). The Bertz CT molecular complexity index is 886. The number of methoxy groups -OCH3 is 2. The topological polar surface area (TPSA) is 81.7 Å². The van der Waals surface area contributed by atoms with E-state index in [9.17, 15) is 14.4 Å². The van der Waals surface area contributed by atoms with Gasteiger partial charge in [-0.15, -0.1) is 11.3 Å². The number of hydrogen-bond donors (Lipinski definition) is 1. The maximum absolute atomic E-state index is 12.6. The first-order valence-electron chi connectivity index (χ1n) is 8.16. The molecule has 0 spiro atoms. The lowest BCUT2D eigenvalue weighted by molar-refractivity contribution is -0.142. The van der Waals surface area contributed by atoms with E-state index in [1.165, 1.54) is 25.6 Å². The first-order valence-corrected chi connectivity index (χ1v) is 8.98. The second-order valence-electron chi connectivity index (χ2n) is 6.02. The number of hydrogen-bond acceptors (Lipinski definition) is 6. The van der Waals surface area contributed by atoms with E-state index in [1.54, 1.807) is 12.1 Å². The summed E-state index contributed by atoms with van der Waals surface area (Å²) in [6.45, 7) is 1.85. The Hall–Kier alpha value is -2.67. The average Bonchev–Trinajstić information content (AvgIpc) is 3.19. The van der Waals surface area contributed by atoms with E-state index in [0.29, 0.717) is 29.0 Å². The molecule has 1 atom stereocenters. The number of nitrogens with one attached hydrogen (secondary N) is 1. The van der Waals surface area contributed by atoms with Gasteiger partial charge in [-0.25, -0.2) is 4.79 Å². The number of ether oxygens (including phenoxy) is 2. The third kappa shape index (κ3) is 3.10. The van der Waals surface area contributed by atoms with Crippen molar-refractivity contribution in [2.75, 3.05) is 19.5 Å². The standard InChI is InChI=1S/C19H19NO5S/c1-10-6-4-5-7-11(10)16(21)20-17-15(19(23)25-3)14-12(18(22)24-2)8-9-13(14)26-17/h4-7,12H,8-9H2,1-3H3,(H,20,21)/t12-/m0/s1. The van der Waals surface area contributed by atoms with Gasteiger partial charge in [0.15, 0.2) is 0 Å². The van der Waals surface area contributed by atoms with Crippen LogP contribution in [-0.2, 0) is 20.7 Å². The van der Waals surface area contributed by atoms with Crippen molar-refractivity contribution in [2.24, 2.45) is 0 Å². The Kier molecular flexibility index (Phi) is 5.08. The molecular weight excluding hydrogens is 354 g/mol. The number of rotatable bonds is 4. The van der Waals surface area contributed by atoms with Crippen molar-refractivity contribution in [3.05, 3.63) is 51.4 Å². The highest BCUT2D eigenvalue weighted by atomic mass is 32.1. The van der Waals surface area contributed by atoms with Crippen molar-refractivity contribution >= 4 is 34.2 Å². The Morgan fingerprint density at radius 1 is 1.15 bits per heavy atom. The van der Waals surface area contributed by atoms with Gasteiger partial charge in [-0.2, -0.15) is 0 Å². The largest absolute Gasteiger partial charge is 0.469 e. The van der Waals surface area contributed by atoms with Gasteiger partial charge in [0, 0.05) is 10.4 Å². The molecule has 0 aliphatic heterocycles. The quantitative estimate of drug-likeness (QED) is 0.832. The number of aryl methyl sites for hydroxylation is 2. The van der Waals surface area contributed by atoms with Crippen LogP contribution in [0.2, 0.25) is 0 Å². The SMILES string of the molecule is COC(=O)c1c(NC(=O)c2ccccc2C)sc2c1[C@@H](C(=O)OC)CC2. The van der Waals surface area contributed by atoms with Crippen LogP contribution in [0, 0.1) is 6.92 Å². The minimum Gasteiger partial charge on any atom is -0.469 e. The van der Waals surface area contributed by atoms with Gasteiger partial charge in [0.1, 0.15) is 5.00 Å². The molecule has 1 amide bonds. The molecule has 7 heteroatoms. The second-order valence-corrected chi connectivity index (χ2v) is 7.12. The summed E-state index contributed by atoms with van der Waals surface area (Å²) in [4.78, 5) is 38.0. The predicted octanol–water partition coefficient (Wildman–Crippen LogP) is 3.30. The van der Waals surface area contributed by atoms with Gasteiger partial charge in [0.05, 0.1) is 25.7 Å². The zero-order valence-corrected chi connectivity index (χ0v) is 15.6. The molecule has 0 saturated carbocycles. The van der Waals surface area contributed by atoms with Gasteiger partial charge >= 0.3 is 11.9 Å². The molecule has 1 aliphatic carbocycles. The first kappa shape index (κ1) is 18.1. The molecule has 1 N–H and O–H groups in total. The lowest BCUT2D eigenvalue weighted by Gasteiger charge is -2.12. The molecular formula is C19H19NO5S. The molecule has 26 heavy (non-hydrogen) atoms. The molecule has 0 radical (unpaired) electrons. The van der Waals surface area contributed by atoms with Gasteiger partial charge in [-0.1, -0.05) is 18.2 Å². The monoisotopic (exact) mass is 373 g/mol. The van der Waals surface area contributed by atoms with Crippen molar-refractivity contribution in [1.82, 2.24) is 0 Å². The summed E-state index contributed by atoms with van der Waals surface area (Å²) in [5, 5.41) is 3.22. The first-order chi connectivity index (χ1) is 12.5. The van der Waals surface area contributed by atoms with E-state index >= 15 is 0 Å². The van der Waals surface area contributed by atoms with Crippen LogP contribution in [0.5, 0.6) is 0 Å². The zero-order chi connectivity index (χ0) is 18.8. The van der Waals surface area contributed by atoms with Gasteiger partial charge in [0.2, 0.25) is 0 Å². The number of benzene rings is 1. The third-order valence-corrected chi connectivity index (χ3v) is 5.70. The molecule has 136 valence electrons. The molecule has 0 unspecified atom stereocenters. The highest BCUT2D eigenvalue weighted by Gasteiger charge is 2.38. The molecule has 1 heterocycles. The maximum Gasteiger partial charge on any atom is 0.341 e. The highest BCUT2D eigenvalue weighted by Crippen LogP contribution is 2.46. The van der Waals surface area contributed by atoms with E-state index in [2.05, 4.69) is 5.32 Å². The summed E-state index contributed by atoms with van der Waals surface area (Å²) >= 11 is 1.31. The van der Waals surface area contributed by atoms with Gasteiger partial charge in [-0.3, -0.25) is 9.59 Å². The fourth-order valence-corrected chi connectivity index (χ4v) is 4.49. The Labute approximate surface area is 155 Å². The van der Waals surface area contributed by atoms with E-state index in [1.807, 2.05) is 19.1 Å². The van der Waals surface area contributed by atoms with Crippen LogP contribution in [-0.4, -0.2) is 32.1 Å². The van der Waals surface area contributed by atoms with Gasteiger partial charge in [0.25, 0.3) is 5.91 Å². The number of amides is 1. The number of carbonyl (C=O) groups is 3. The third-order valence-electron chi connectivity index (χ3n) is 4.52. The minimum atomic E-state index is -0.571. The molecule has 1 aliphatic rings. The van der Waals surface area contributed by atoms with Crippen LogP contribution < -0.4 is 5.32 Å². The van der Waals surface area contributed by atoms with E-state index in [4.69, 9.17) is 9.47 Å². The molecule has 1 aromatic heterocycles. The fraction of sp³-hybridized carbons (Fsp3) is 0.316. The molecule has 1 aromatic carbocycles. The predicted molar refractivity (Wildman–Crippen MR) is 97.9 cm³/mol. The van der Waals surface area contributed by atoms with E-state index < -0.39 is 11.9 Å². The highest BCUT2D eigenvalue weighted by molar-refractivity contribution is 7.17. The van der Waals surface area contributed by atoms with Crippen LogP contribution in [0.3, 0.4) is 0 Å². The van der Waals surface area contributed by atoms with Crippen molar-refractivity contribution in [1.29, 1.82) is 0 Å². The summed E-state index contributed by atoms with van der Waals surface area (Å²) in [6, 6.07) is 7.20. The van der Waals surface area contributed by atoms with Crippen LogP contribution in [0.25, 0.3) is 0 Å². The normalized spacial score (nSPS) is 15.3. The lowest BCUT2D eigenvalue weighted by atomic mass is 9.99. The number of carbonyl (C=O) groups excluding carboxylic acids is 3. The minimum absolute atomic E-state index is 0.252. The van der Waals surface area contributed by atoms with Crippen molar-refractivity contribution < 1.29 is 23.9 Å². The van der Waals surface area contributed by atoms with E-state index in [-0.39, 0.29) is 17.4 Å². The molecule has 0 saturated heterocycles. The van der Waals surface area contributed by atoms with Gasteiger partial charge < -0.3 is 14.8 Å². The molecule has 0 fully saturated rings. The number of esters is 2. The number of thiophene rings is 1. The summed E-state index contributed by atoms with van der Waals surface area (Å²) in [6.07, 6.45) is 1.24. The smallest absolute Gasteiger partial charge is 0.341 e. The van der Waals surface area contributed by atoms with Crippen LogP contribution in [0.15, 0.2) is 24.3 Å². The van der Waals surface area contributed by atoms with Crippen LogP contribution in [0.4, 0.5) is 5.00 Å². The summed E-state index contributed by atoms with van der Waals surface area (Å²) < 4.78 is 9.76. The van der Waals surface area contributed by atoms with Crippen LogP contribution >= 0.6 is 11.3 Å². The van der Waals surface area contributed by atoms with E-state index in [0.717, 1.165) is 10.4 Å². The lowest BCUT2D eigenvalue weighted by Crippen LogP contribution is -2.18. The van der Waals surface area contributed by atoms with Crippen LogP contribution in [0.1, 0.15) is 49.1 Å². The average molecular weight is 373 g/mol. The fourth-order valence-electron chi connectivity index (χ4n) is 3.23. The number of anilines is 1. The Morgan fingerprint density at radius 2 is 1.88 bits per heavy atom. The van der Waals surface area contributed by atoms with Gasteiger partial charge in [-0.05, 0) is 37.0 Å².